The molecular formula is C7H8N4OS. The maximum Gasteiger partial charge on any atom is 0.142 e. The van der Waals surface area contributed by atoms with E-state index in [-0.39, 0.29) is 0 Å². The maximum atomic E-state index is 9.72. The normalized spacial score (nSPS) is 13.1. The quantitative estimate of drug-likeness (QED) is 0.753. The highest BCUT2D eigenvalue weighted by Gasteiger charge is 2.15. The van der Waals surface area contributed by atoms with Crippen molar-refractivity contribution < 1.29 is 5.11 Å². The highest BCUT2D eigenvalue weighted by atomic mass is 32.1. The van der Waals surface area contributed by atoms with E-state index in [0.717, 1.165) is 0 Å². The van der Waals surface area contributed by atoms with E-state index in [9.17, 15) is 5.11 Å². The number of aliphatic hydroxyl groups excluding tert-OH is 1. The van der Waals surface area contributed by atoms with Gasteiger partial charge in [0.05, 0.1) is 17.4 Å². The van der Waals surface area contributed by atoms with Gasteiger partial charge in [-0.25, -0.2) is 4.98 Å². The number of aromatic nitrogens is 4. The Morgan fingerprint density at radius 2 is 2.38 bits per heavy atom. The molecule has 1 unspecified atom stereocenters. The van der Waals surface area contributed by atoms with Crippen molar-refractivity contribution in [3.8, 4) is 0 Å². The van der Waals surface area contributed by atoms with Gasteiger partial charge in [-0.3, -0.25) is 4.68 Å². The molecule has 0 amide bonds. The average molecular weight is 196 g/mol. The van der Waals surface area contributed by atoms with Crippen LogP contribution in [0, 0.1) is 0 Å². The number of nitrogens with zero attached hydrogens (tertiary/aromatic N) is 4. The van der Waals surface area contributed by atoms with Crippen LogP contribution in [0.15, 0.2) is 17.1 Å². The lowest BCUT2D eigenvalue weighted by atomic mass is 10.2. The van der Waals surface area contributed by atoms with E-state index in [4.69, 9.17) is 0 Å². The minimum absolute atomic E-state index is 0.522. The van der Waals surface area contributed by atoms with Crippen LogP contribution in [0.25, 0.3) is 0 Å². The Balaban J connectivity index is 2.28. The first-order chi connectivity index (χ1) is 6.27. The first-order valence-corrected chi connectivity index (χ1v) is 4.64. The van der Waals surface area contributed by atoms with Gasteiger partial charge in [0.2, 0.25) is 0 Å². The van der Waals surface area contributed by atoms with Gasteiger partial charge < -0.3 is 5.11 Å². The van der Waals surface area contributed by atoms with Crippen LogP contribution in [0.4, 0.5) is 0 Å². The van der Waals surface area contributed by atoms with Gasteiger partial charge in [0.25, 0.3) is 0 Å². The monoisotopic (exact) mass is 196 g/mol. The second-order valence-corrected chi connectivity index (χ2v) is 3.35. The van der Waals surface area contributed by atoms with Crippen molar-refractivity contribution in [2.24, 2.45) is 7.05 Å². The van der Waals surface area contributed by atoms with Gasteiger partial charge in [-0.15, -0.1) is 16.4 Å². The summed E-state index contributed by atoms with van der Waals surface area (Å²) in [5.41, 5.74) is 2.81. The van der Waals surface area contributed by atoms with Gasteiger partial charge in [0.15, 0.2) is 0 Å². The fraction of sp³-hybridized carbons (Fsp3) is 0.286. The van der Waals surface area contributed by atoms with Crippen molar-refractivity contribution in [3.05, 3.63) is 28.5 Å². The van der Waals surface area contributed by atoms with Gasteiger partial charge in [0.1, 0.15) is 11.8 Å². The molecule has 0 spiro atoms. The molecule has 0 radical (unpaired) electrons. The molecule has 0 saturated carbocycles. The molecule has 6 heteroatoms. The number of aryl methyl sites for hydroxylation is 1. The Kier molecular flexibility index (Phi) is 2.07. The summed E-state index contributed by atoms with van der Waals surface area (Å²) in [6.45, 7) is 0. The van der Waals surface area contributed by atoms with Crippen LogP contribution < -0.4 is 0 Å². The van der Waals surface area contributed by atoms with Crippen molar-refractivity contribution >= 4 is 11.3 Å². The van der Waals surface area contributed by atoms with Crippen molar-refractivity contribution in [1.29, 1.82) is 0 Å². The first kappa shape index (κ1) is 8.33. The molecule has 2 aromatic heterocycles. The highest BCUT2D eigenvalue weighted by molar-refractivity contribution is 7.07. The summed E-state index contributed by atoms with van der Waals surface area (Å²) in [6, 6.07) is 0. The molecule has 2 aromatic rings. The maximum absolute atomic E-state index is 9.72. The fourth-order valence-electron chi connectivity index (χ4n) is 0.999. The van der Waals surface area contributed by atoms with E-state index in [0.29, 0.717) is 11.4 Å². The lowest BCUT2D eigenvalue weighted by molar-refractivity contribution is 0.211. The topological polar surface area (TPSA) is 63.8 Å². The molecule has 68 valence electrons. The van der Waals surface area contributed by atoms with Gasteiger partial charge in [-0.2, -0.15) is 0 Å². The summed E-state index contributed by atoms with van der Waals surface area (Å²) >= 11 is 1.44. The number of hydrogen-bond donors (Lipinski definition) is 1. The average Bonchev–Trinajstić information content (AvgIpc) is 2.72. The summed E-state index contributed by atoms with van der Waals surface area (Å²) in [6.07, 6.45) is 0.907. The van der Waals surface area contributed by atoms with E-state index in [1.165, 1.54) is 11.3 Å². The fourth-order valence-corrected chi connectivity index (χ4v) is 1.57. The van der Waals surface area contributed by atoms with E-state index in [2.05, 4.69) is 15.3 Å². The smallest absolute Gasteiger partial charge is 0.142 e. The zero-order valence-corrected chi connectivity index (χ0v) is 7.77. The minimum atomic E-state index is -0.764. The molecule has 0 aliphatic carbocycles. The summed E-state index contributed by atoms with van der Waals surface area (Å²) in [7, 11) is 1.75. The summed E-state index contributed by atoms with van der Waals surface area (Å²) < 4.78 is 1.55. The number of rotatable bonds is 2. The Morgan fingerprint density at radius 1 is 1.54 bits per heavy atom. The predicted octanol–water partition coefficient (Wildman–Crippen LogP) is 0.353. The molecule has 2 heterocycles. The Morgan fingerprint density at radius 3 is 2.92 bits per heavy atom. The van der Waals surface area contributed by atoms with Crippen molar-refractivity contribution in [2.75, 3.05) is 0 Å². The molecule has 2 rings (SSSR count). The second-order valence-electron chi connectivity index (χ2n) is 2.63. The van der Waals surface area contributed by atoms with E-state index < -0.39 is 6.10 Å². The molecule has 0 saturated heterocycles. The van der Waals surface area contributed by atoms with E-state index >= 15 is 0 Å². The van der Waals surface area contributed by atoms with Gasteiger partial charge in [-0.05, 0) is 0 Å². The zero-order chi connectivity index (χ0) is 9.26. The Hall–Kier alpha value is -1.27. The lowest BCUT2D eigenvalue weighted by Crippen LogP contribution is -2.00. The molecule has 0 aliphatic rings. The molecule has 5 nitrogen and oxygen atoms in total. The number of aliphatic hydroxyl groups is 1. The predicted molar refractivity (Wildman–Crippen MR) is 47.2 cm³/mol. The zero-order valence-electron chi connectivity index (χ0n) is 6.95. The minimum Gasteiger partial charge on any atom is -0.380 e. The lowest BCUT2D eigenvalue weighted by Gasteiger charge is -2.01. The molecule has 1 N–H and O–H groups in total. The van der Waals surface area contributed by atoms with Gasteiger partial charge in [-0.1, -0.05) is 5.21 Å². The third kappa shape index (κ3) is 1.58. The number of thiazole rings is 1. The Bertz CT molecular complexity index is 383. The van der Waals surface area contributed by atoms with Crippen molar-refractivity contribution in [3.63, 3.8) is 0 Å². The molecule has 0 bridgehead atoms. The van der Waals surface area contributed by atoms with E-state index in [1.807, 2.05) is 0 Å². The summed E-state index contributed by atoms with van der Waals surface area (Å²) in [5, 5.41) is 19.0. The van der Waals surface area contributed by atoms with Gasteiger partial charge >= 0.3 is 0 Å². The molecule has 0 aromatic carbocycles. The first-order valence-electron chi connectivity index (χ1n) is 3.70. The van der Waals surface area contributed by atoms with Crippen molar-refractivity contribution in [2.45, 2.75) is 6.10 Å². The van der Waals surface area contributed by atoms with Crippen LogP contribution in [0.2, 0.25) is 0 Å². The largest absolute Gasteiger partial charge is 0.380 e. The highest BCUT2D eigenvalue weighted by Crippen LogP contribution is 2.18. The van der Waals surface area contributed by atoms with Gasteiger partial charge in [0, 0.05) is 12.4 Å². The number of hydrogen-bond acceptors (Lipinski definition) is 5. The Labute approximate surface area is 78.7 Å². The van der Waals surface area contributed by atoms with Crippen LogP contribution in [0.3, 0.4) is 0 Å². The van der Waals surface area contributed by atoms with Crippen LogP contribution >= 0.6 is 11.3 Å². The standard InChI is InChI=1S/C7H8N4OS/c1-11-2-5(9-10-11)7(12)6-3-13-4-8-6/h2-4,7,12H,1H3. The third-order valence-corrected chi connectivity index (χ3v) is 2.24. The molecule has 0 fully saturated rings. The van der Waals surface area contributed by atoms with Crippen LogP contribution in [0.5, 0.6) is 0 Å². The molecule has 1 atom stereocenters. The molecular weight excluding hydrogens is 188 g/mol. The molecule has 0 aliphatic heterocycles. The third-order valence-electron chi connectivity index (χ3n) is 1.63. The SMILES string of the molecule is Cn1cc(C(O)c2cscn2)nn1. The summed E-state index contributed by atoms with van der Waals surface area (Å²) in [5.74, 6) is 0. The summed E-state index contributed by atoms with van der Waals surface area (Å²) in [4.78, 5) is 3.99. The van der Waals surface area contributed by atoms with E-state index in [1.54, 1.807) is 28.8 Å². The second kappa shape index (κ2) is 3.23. The van der Waals surface area contributed by atoms with Crippen molar-refractivity contribution in [1.82, 2.24) is 20.0 Å². The van der Waals surface area contributed by atoms with Crippen LogP contribution in [0.1, 0.15) is 17.5 Å². The van der Waals surface area contributed by atoms with Crippen LogP contribution in [-0.2, 0) is 7.05 Å². The molecule has 13 heavy (non-hydrogen) atoms. The van der Waals surface area contributed by atoms with Crippen LogP contribution in [-0.4, -0.2) is 25.1 Å².